The van der Waals surface area contributed by atoms with Gasteiger partial charge in [0, 0.05) is 23.0 Å². The second-order valence-electron chi connectivity index (χ2n) is 6.63. The van der Waals surface area contributed by atoms with Crippen LogP contribution in [-0.4, -0.2) is 16.1 Å². The number of Topliss-reactive ketones (excluding diaryl/α,β-unsaturated/α-hetero) is 1. The lowest BCUT2D eigenvalue weighted by molar-refractivity contribution is -0.137. The number of halogens is 3. The van der Waals surface area contributed by atoms with Gasteiger partial charge in [0.2, 0.25) is 0 Å². The summed E-state index contributed by atoms with van der Waals surface area (Å²) in [5.74, 6) is -1.87. The van der Waals surface area contributed by atoms with Crippen LogP contribution in [0.2, 0.25) is 0 Å². The number of carbonyl (C=O) groups excluding carboxylic acids is 2. The number of rotatable bonds is 4. The van der Waals surface area contributed by atoms with Crippen LogP contribution in [-0.2, 0) is 11.0 Å². The second-order valence-corrected chi connectivity index (χ2v) is 6.63. The second kappa shape index (κ2) is 7.51. The summed E-state index contributed by atoms with van der Waals surface area (Å²) in [5, 5.41) is 2.28. The molecule has 2 aromatic carbocycles. The van der Waals surface area contributed by atoms with Gasteiger partial charge in [-0.2, -0.15) is 13.2 Å². The molecule has 2 aromatic heterocycles. The van der Waals surface area contributed by atoms with E-state index in [9.17, 15) is 22.8 Å². The normalized spacial score (nSPS) is 11.4. The van der Waals surface area contributed by atoms with Crippen molar-refractivity contribution >= 4 is 22.9 Å². The van der Waals surface area contributed by atoms with E-state index in [1.165, 1.54) is 12.1 Å². The molecule has 4 aromatic rings. The van der Waals surface area contributed by atoms with E-state index in [0.717, 1.165) is 17.7 Å². The van der Waals surface area contributed by atoms with Crippen LogP contribution < -0.4 is 5.32 Å². The lowest BCUT2D eigenvalue weighted by Crippen LogP contribution is -2.24. The van der Waals surface area contributed by atoms with Crippen LogP contribution in [0, 0.1) is 0 Å². The van der Waals surface area contributed by atoms with Crippen molar-refractivity contribution in [3.63, 3.8) is 0 Å². The van der Waals surface area contributed by atoms with Crippen LogP contribution in [0.4, 0.5) is 18.9 Å². The molecule has 4 rings (SSSR count). The zero-order valence-electron chi connectivity index (χ0n) is 15.5. The summed E-state index contributed by atoms with van der Waals surface area (Å²) in [6.07, 6.45) is -2.89. The van der Waals surface area contributed by atoms with Gasteiger partial charge < -0.3 is 9.72 Å². The van der Waals surface area contributed by atoms with Gasteiger partial charge in [0.1, 0.15) is 5.69 Å². The molecule has 0 saturated heterocycles. The van der Waals surface area contributed by atoms with Gasteiger partial charge in [-0.25, -0.2) is 0 Å². The quantitative estimate of drug-likeness (QED) is 0.361. The fourth-order valence-corrected chi connectivity index (χ4v) is 3.26. The van der Waals surface area contributed by atoms with E-state index < -0.39 is 23.4 Å². The summed E-state index contributed by atoms with van der Waals surface area (Å²) < 4.78 is 40.4. The maximum atomic E-state index is 13.0. The largest absolute Gasteiger partial charge is 0.416 e. The Morgan fingerprint density at radius 2 is 1.57 bits per heavy atom. The zero-order chi connectivity index (χ0) is 21.3. The number of fused-ring (bicyclic) bond motifs is 1. The predicted octanol–water partition coefficient (Wildman–Crippen LogP) is 5.45. The number of nitrogens with zero attached hydrogens (tertiary/aromatic N) is 1. The molecule has 0 atom stereocenters. The number of carbonyl (C=O) groups is 2. The Hall–Kier alpha value is -3.87. The average molecular weight is 408 g/mol. The summed E-state index contributed by atoms with van der Waals surface area (Å²) in [6, 6.07) is 20.4. The van der Waals surface area contributed by atoms with E-state index in [-0.39, 0.29) is 11.4 Å². The van der Waals surface area contributed by atoms with E-state index in [2.05, 4.69) is 5.32 Å². The molecule has 1 N–H and O–H groups in total. The summed E-state index contributed by atoms with van der Waals surface area (Å²) in [6.45, 7) is 0. The molecule has 0 spiro atoms. The minimum atomic E-state index is -4.55. The predicted molar refractivity (Wildman–Crippen MR) is 107 cm³/mol. The van der Waals surface area contributed by atoms with E-state index in [4.69, 9.17) is 0 Å². The number of ketones is 1. The van der Waals surface area contributed by atoms with Crippen molar-refractivity contribution in [2.24, 2.45) is 0 Å². The molecule has 0 aliphatic heterocycles. The Morgan fingerprint density at radius 3 is 2.30 bits per heavy atom. The molecular weight excluding hydrogens is 393 g/mol. The molecule has 7 heteroatoms. The highest BCUT2D eigenvalue weighted by atomic mass is 19.4. The first-order chi connectivity index (χ1) is 14.3. The van der Waals surface area contributed by atoms with Crippen molar-refractivity contribution in [1.29, 1.82) is 0 Å². The molecule has 0 radical (unpaired) electrons. The Balaban J connectivity index is 1.72. The summed E-state index contributed by atoms with van der Waals surface area (Å²) in [4.78, 5) is 25.7. The van der Waals surface area contributed by atoms with E-state index in [1.54, 1.807) is 34.9 Å². The minimum absolute atomic E-state index is 0.106. The van der Waals surface area contributed by atoms with Crippen LogP contribution in [0.1, 0.15) is 16.1 Å². The molecule has 1 amide bonds. The highest BCUT2D eigenvalue weighted by molar-refractivity contribution is 6.47. The molecule has 2 heterocycles. The Bertz CT molecular complexity index is 1240. The number of anilines is 1. The molecule has 0 bridgehead atoms. The molecule has 4 nitrogen and oxygen atoms in total. The SMILES string of the molecule is O=C(Nc1cccc(C(F)(F)F)c1)C(=O)c1c(-c2ccccc2)cc2ccccn12. The molecule has 0 unspecified atom stereocenters. The fourth-order valence-electron chi connectivity index (χ4n) is 3.26. The molecule has 0 saturated carbocycles. The van der Waals surface area contributed by atoms with Crippen molar-refractivity contribution in [2.75, 3.05) is 5.32 Å². The number of benzene rings is 2. The van der Waals surface area contributed by atoms with Gasteiger partial charge in [0.25, 0.3) is 11.7 Å². The van der Waals surface area contributed by atoms with Gasteiger partial charge in [0.05, 0.1) is 5.56 Å². The van der Waals surface area contributed by atoms with Crippen molar-refractivity contribution in [2.45, 2.75) is 6.18 Å². The lowest BCUT2D eigenvalue weighted by Gasteiger charge is -2.10. The van der Waals surface area contributed by atoms with Gasteiger partial charge >= 0.3 is 6.18 Å². The monoisotopic (exact) mass is 408 g/mol. The Morgan fingerprint density at radius 1 is 0.833 bits per heavy atom. The van der Waals surface area contributed by atoms with E-state index >= 15 is 0 Å². The molecule has 0 aliphatic carbocycles. The summed E-state index contributed by atoms with van der Waals surface area (Å²) >= 11 is 0. The Kier molecular flexibility index (Phi) is 4.87. The first-order valence-electron chi connectivity index (χ1n) is 9.03. The molecule has 0 fully saturated rings. The van der Waals surface area contributed by atoms with Crippen LogP contribution in [0.5, 0.6) is 0 Å². The molecule has 150 valence electrons. The smallest absolute Gasteiger partial charge is 0.319 e. The van der Waals surface area contributed by atoms with Gasteiger partial charge in [0.15, 0.2) is 0 Å². The van der Waals surface area contributed by atoms with Gasteiger partial charge in [-0.05, 0) is 42.0 Å². The first-order valence-corrected chi connectivity index (χ1v) is 9.03. The maximum absolute atomic E-state index is 13.0. The topological polar surface area (TPSA) is 50.6 Å². The van der Waals surface area contributed by atoms with Crippen molar-refractivity contribution in [3.8, 4) is 11.1 Å². The number of aromatic nitrogens is 1. The van der Waals surface area contributed by atoms with Crippen molar-refractivity contribution in [1.82, 2.24) is 4.40 Å². The van der Waals surface area contributed by atoms with E-state index in [1.807, 2.05) is 30.3 Å². The first kappa shape index (κ1) is 19.4. The number of amides is 1. The Labute approximate surface area is 169 Å². The third-order valence-corrected chi connectivity index (χ3v) is 4.63. The van der Waals surface area contributed by atoms with E-state index in [0.29, 0.717) is 11.1 Å². The number of hydrogen-bond acceptors (Lipinski definition) is 2. The van der Waals surface area contributed by atoms with Crippen LogP contribution in [0.3, 0.4) is 0 Å². The third-order valence-electron chi connectivity index (χ3n) is 4.63. The molecule has 30 heavy (non-hydrogen) atoms. The van der Waals surface area contributed by atoms with Gasteiger partial charge in [-0.15, -0.1) is 0 Å². The highest BCUT2D eigenvalue weighted by Crippen LogP contribution is 2.31. The van der Waals surface area contributed by atoms with Crippen molar-refractivity contribution < 1.29 is 22.8 Å². The number of hydrogen-bond donors (Lipinski definition) is 1. The number of alkyl halides is 3. The zero-order valence-corrected chi connectivity index (χ0v) is 15.5. The minimum Gasteiger partial charge on any atom is -0.319 e. The van der Waals surface area contributed by atoms with Crippen molar-refractivity contribution in [3.05, 3.63) is 96.3 Å². The standard InChI is InChI=1S/C23H15F3N2O2/c24-23(25,26)16-9-6-10-17(13-16)27-22(30)21(29)20-19(15-7-2-1-3-8-15)14-18-11-4-5-12-28(18)20/h1-14H,(H,27,30). The number of nitrogens with one attached hydrogen (secondary N) is 1. The van der Waals surface area contributed by atoms with Crippen LogP contribution in [0.15, 0.2) is 85.1 Å². The summed E-state index contributed by atoms with van der Waals surface area (Å²) in [5.41, 5.74) is 1.14. The average Bonchev–Trinajstić information content (AvgIpc) is 3.13. The van der Waals surface area contributed by atoms with Crippen LogP contribution >= 0.6 is 0 Å². The van der Waals surface area contributed by atoms with Gasteiger partial charge in [-0.1, -0.05) is 42.5 Å². The van der Waals surface area contributed by atoms with Crippen LogP contribution in [0.25, 0.3) is 16.6 Å². The fraction of sp³-hybridized carbons (Fsp3) is 0.0435. The lowest BCUT2D eigenvalue weighted by atomic mass is 10.0. The summed E-state index contributed by atoms with van der Waals surface area (Å²) in [7, 11) is 0. The molecule has 0 aliphatic rings. The highest BCUT2D eigenvalue weighted by Gasteiger charge is 2.31. The third kappa shape index (κ3) is 3.69. The van der Waals surface area contributed by atoms with Gasteiger partial charge in [-0.3, -0.25) is 9.59 Å². The molecular formula is C23H15F3N2O2. The maximum Gasteiger partial charge on any atom is 0.416 e. The number of pyridine rings is 1.